The van der Waals surface area contributed by atoms with E-state index in [2.05, 4.69) is 0 Å². The predicted molar refractivity (Wildman–Crippen MR) is 125 cm³/mol. The number of amides is 1. The molecule has 0 aliphatic carbocycles. The summed E-state index contributed by atoms with van der Waals surface area (Å²) in [7, 11) is 0. The third-order valence-corrected chi connectivity index (χ3v) is 6.05. The number of aldehydes is 1. The maximum absolute atomic E-state index is 13.4. The minimum Gasteiger partial charge on any atom is -0.493 e. The van der Waals surface area contributed by atoms with Gasteiger partial charge in [0.25, 0.3) is 5.91 Å². The second-order valence-electron chi connectivity index (χ2n) is 8.39. The number of carbonyl (C=O) groups is 2. The summed E-state index contributed by atoms with van der Waals surface area (Å²) in [5, 5.41) is 11.2. The van der Waals surface area contributed by atoms with E-state index in [4.69, 9.17) is 9.15 Å². The minimum atomic E-state index is -1.11. The van der Waals surface area contributed by atoms with Crippen LogP contribution in [0.1, 0.15) is 60.3 Å². The van der Waals surface area contributed by atoms with E-state index in [1.165, 1.54) is 4.90 Å². The number of carbonyl (C=O) groups excluding carboxylic acids is 2. The molecule has 6 nitrogen and oxygen atoms in total. The molecule has 2 unspecified atom stereocenters. The molecule has 0 saturated carbocycles. The molecule has 2 heterocycles. The SMILES string of the molecule is CC1Cc2cc(-c3ccco3)ccc2C(=O)N1C(O)c1ccccc1OCCCCCC=O. The van der Waals surface area contributed by atoms with Gasteiger partial charge in [-0.05, 0) is 68.5 Å². The Bertz CT molecular complexity index is 1090. The largest absolute Gasteiger partial charge is 0.493 e. The van der Waals surface area contributed by atoms with Crippen LogP contribution in [0, 0.1) is 0 Å². The monoisotopic (exact) mass is 447 g/mol. The van der Waals surface area contributed by atoms with Gasteiger partial charge in [0.05, 0.1) is 12.9 Å². The Hall–Kier alpha value is -3.38. The van der Waals surface area contributed by atoms with Gasteiger partial charge < -0.3 is 24.0 Å². The first-order valence-electron chi connectivity index (χ1n) is 11.4. The number of hydrogen-bond acceptors (Lipinski definition) is 5. The number of para-hydroxylation sites is 1. The molecule has 1 N–H and O–H groups in total. The van der Waals surface area contributed by atoms with Crippen molar-refractivity contribution in [2.75, 3.05) is 6.61 Å². The normalized spacial score (nSPS) is 16.4. The van der Waals surface area contributed by atoms with E-state index in [1.807, 2.05) is 55.5 Å². The number of aliphatic hydroxyl groups excluding tert-OH is 1. The number of hydrogen-bond donors (Lipinski definition) is 1. The first kappa shape index (κ1) is 22.8. The average Bonchev–Trinajstić information content (AvgIpc) is 3.36. The van der Waals surface area contributed by atoms with E-state index in [9.17, 15) is 14.7 Å². The zero-order valence-electron chi connectivity index (χ0n) is 18.8. The third kappa shape index (κ3) is 5.01. The maximum atomic E-state index is 13.4. The van der Waals surface area contributed by atoms with Crippen LogP contribution in [0.3, 0.4) is 0 Å². The van der Waals surface area contributed by atoms with Crippen molar-refractivity contribution < 1.29 is 23.8 Å². The molecule has 4 rings (SSSR count). The highest BCUT2D eigenvalue weighted by Crippen LogP contribution is 2.35. The molecule has 6 heteroatoms. The maximum Gasteiger partial charge on any atom is 0.256 e. The summed E-state index contributed by atoms with van der Waals surface area (Å²) in [6.07, 6.45) is 5.21. The van der Waals surface area contributed by atoms with E-state index in [0.717, 1.165) is 42.4 Å². The lowest BCUT2D eigenvalue weighted by Gasteiger charge is -2.38. The van der Waals surface area contributed by atoms with Crippen LogP contribution >= 0.6 is 0 Å². The number of aliphatic hydroxyl groups is 1. The number of rotatable bonds is 10. The van der Waals surface area contributed by atoms with E-state index in [1.54, 1.807) is 12.3 Å². The number of unbranched alkanes of at least 4 members (excludes halogenated alkanes) is 3. The molecule has 172 valence electrons. The zero-order valence-corrected chi connectivity index (χ0v) is 18.8. The van der Waals surface area contributed by atoms with Gasteiger partial charge in [0.2, 0.25) is 0 Å². The Balaban J connectivity index is 1.50. The lowest BCUT2D eigenvalue weighted by Crippen LogP contribution is -2.46. The standard InChI is InChI=1S/C27H29NO5/c1-19-17-21-18-20(24-11-8-16-32-24)12-13-22(21)26(30)28(19)27(31)23-9-4-5-10-25(23)33-15-7-3-2-6-14-29/h4-5,8-14,16,18-19,27,31H,2-3,6-7,15,17H2,1H3. The Morgan fingerprint density at radius 1 is 1.15 bits per heavy atom. The summed E-state index contributed by atoms with van der Waals surface area (Å²) in [5.41, 5.74) is 3.04. The first-order chi connectivity index (χ1) is 16.1. The smallest absolute Gasteiger partial charge is 0.256 e. The Morgan fingerprint density at radius 2 is 2.00 bits per heavy atom. The lowest BCUT2D eigenvalue weighted by molar-refractivity contribution is -0.107. The minimum absolute atomic E-state index is 0.191. The molecule has 1 aliphatic heterocycles. The number of benzene rings is 2. The third-order valence-electron chi connectivity index (χ3n) is 6.05. The second kappa shape index (κ2) is 10.5. The molecular weight excluding hydrogens is 418 g/mol. The van der Waals surface area contributed by atoms with Gasteiger partial charge in [0.15, 0.2) is 6.23 Å². The molecule has 3 aromatic rings. The number of fused-ring (bicyclic) bond motifs is 1. The van der Waals surface area contributed by atoms with Crippen molar-refractivity contribution in [3.63, 3.8) is 0 Å². The van der Waals surface area contributed by atoms with Gasteiger partial charge in [0.1, 0.15) is 17.8 Å². The van der Waals surface area contributed by atoms with Crippen LogP contribution in [0.5, 0.6) is 5.75 Å². The van der Waals surface area contributed by atoms with Crippen molar-refractivity contribution in [3.05, 3.63) is 77.6 Å². The molecular formula is C27H29NO5. The fraction of sp³-hybridized carbons (Fsp3) is 0.333. The van der Waals surface area contributed by atoms with Crippen LogP contribution in [-0.4, -0.2) is 34.8 Å². The fourth-order valence-corrected chi connectivity index (χ4v) is 4.34. The highest BCUT2D eigenvalue weighted by Gasteiger charge is 2.35. The highest BCUT2D eigenvalue weighted by atomic mass is 16.5. The van der Waals surface area contributed by atoms with Crippen molar-refractivity contribution in [3.8, 4) is 17.1 Å². The summed E-state index contributed by atoms with van der Waals surface area (Å²) in [5.74, 6) is 1.13. The average molecular weight is 448 g/mol. The van der Waals surface area contributed by atoms with Crippen LogP contribution < -0.4 is 4.74 Å². The molecule has 2 aromatic carbocycles. The molecule has 1 aliphatic rings. The van der Waals surface area contributed by atoms with Crippen molar-refractivity contribution in [2.45, 2.75) is 51.3 Å². The van der Waals surface area contributed by atoms with Gasteiger partial charge in [-0.1, -0.05) is 24.3 Å². The Kier molecular flexibility index (Phi) is 7.25. The van der Waals surface area contributed by atoms with Crippen LogP contribution in [0.25, 0.3) is 11.3 Å². The van der Waals surface area contributed by atoms with Crippen molar-refractivity contribution in [1.29, 1.82) is 0 Å². The molecule has 0 saturated heterocycles. The summed E-state index contributed by atoms with van der Waals surface area (Å²) in [6.45, 7) is 2.44. The summed E-state index contributed by atoms with van der Waals surface area (Å²) in [6, 6.07) is 16.5. The summed E-state index contributed by atoms with van der Waals surface area (Å²) < 4.78 is 11.4. The highest BCUT2D eigenvalue weighted by molar-refractivity contribution is 5.97. The zero-order chi connectivity index (χ0) is 23.2. The molecule has 33 heavy (non-hydrogen) atoms. The predicted octanol–water partition coefficient (Wildman–Crippen LogP) is 5.16. The van der Waals surface area contributed by atoms with Gasteiger partial charge >= 0.3 is 0 Å². The van der Waals surface area contributed by atoms with E-state index in [-0.39, 0.29) is 11.9 Å². The first-order valence-corrected chi connectivity index (χ1v) is 11.4. The van der Waals surface area contributed by atoms with Gasteiger partial charge in [-0.25, -0.2) is 0 Å². The van der Waals surface area contributed by atoms with Crippen molar-refractivity contribution >= 4 is 12.2 Å². The van der Waals surface area contributed by atoms with Crippen molar-refractivity contribution in [1.82, 2.24) is 4.90 Å². The Labute approximate surface area is 193 Å². The molecule has 0 radical (unpaired) electrons. The van der Waals surface area contributed by atoms with Crippen LogP contribution in [-0.2, 0) is 11.2 Å². The molecule has 0 bridgehead atoms. The molecule has 0 spiro atoms. The van der Waals surface area contributed by atoms with Crippen LogP contribution in [0.15, 0.2) is 65.3 Å². The van der Waals surface area contributed by atoms with Gasteiger partial charge in [0, 0.05) is 29.2 Å². The van der Waals surface area contributed by atoms with Gasteiger partial charge in [-0.15, -0.1) is 0 Å². The Morgan fingerprint density at radius 3 is 2.79 bits per heavy atom. The lowest BCUT2D eigenvalue weighted by atomic mass is 9.91. The topological polar surface area (TPSA) is 80.0 Å². The van der Waals surface area contributed by atoms with Gasteiger partial charge in [-0.2, -0.15) is 0 Å². The quantitative estimate of drug-likeness (QED) is 0.343. The van der Waals surface area contributed by atoms with Crippen LogP contribution in [0.2, 0.25) is 0 Å². The second-order valence-corrected chi connectivity index (χ2v) is 8.39. The molecule has 1 aromatic heterocycles. The molecule has 0 fully saturated rings. The number of ether oxygens (including phenoxy) is 1. The fourth-order valence-electron chi connectivity index (χ4n) is 4.34. The van der Waals surface area contributed by atoms with E-state index < -0.39 is 6.23 Å². The van der Waals surface area contributed by atoms with E-state index >= 15 is 0 Å². The van der Waals surface area contributed by atoms with Crippen LogP contribution in [0.4, 0.5) is 0 Å². The number of nitrogens with zero attached hydrogens (tertiary/aromatic N) is 1. The van der Waals surface area contributed by atoms with Crippen molar-refractivity contribution in [2.24, 2.45) is 0 Å². The molecule has 2 atom stereocenters. The van der Waals surface area contributed by atoms with E-state index in [0.29, 0.717) is 36.3 Å². The summed E-state index contributed by atoms with van der Waals surface area (Å²) >= 11 is 0. The number of furan rings is 1. The van der Waals surface area contributed by atoms with Gasteiger partial charge in [-0.3, -0.25) is 4.79 Å². The summed E-state index contributed by atoms with van der Waals surface area (Å²) in [4.78, 5) is 25.3. The molecule has 1 amide bonds.